The number of nitrogens with zero attached hydrogens (tertiary/aromatic N) is 4. The van der Waals surface area contributed by atoms with Gasteiger partial charge in [0.2, 0.25) is 5.95 Å². The van der Waals surface area contributed by atoms with Crippen LogP contribution in [0.4, 0.5) is 0 Å². The van der Waals surface area contributed by atoms with Gasteiger partial charge in [-0.15, -0.1) is 0 Å². The first-order chi connectivity index (χ1) is 28.3. The summed E-state index contributed by atoms with van der Waals surface area (Å²) < 4.78 is 8.56. The van der Waals surface area contributed by atoms with Crippen molar-refractivity contribution in [1.29, 1.82) is 0 Å². The van der Waals surface area contributed by atoms with Crippen LogP contribution in [0.5, 0.6) is 0 Å². The van der Waals surface area contributed by atoms with Gasteiger partial charge in [0, 0.05) is 32.7 Å². The van der Waals surface area contributed by atoms with Gasteiger partial charge >= 0.3 is 0 Å². The average Bonchev–Trinajstić information content (AvgIpc) is 4.00. The summed E-state index contributed by atoms with van der Waals surface area (Å²) in [5.74, 6) is 1.76. The van der Waals surface area contributed by atoms with Crippen LogP contribution in [-0.2, 0) is 5.41 Å². The number of furan rings is 1. The third kappa shape index (κ3) is 3.94. The maximum absolute atomic E-state index is 6.33. The molecule has 1 spiro atoms. The fourth-order valence-corrected chi connectivity index (χ4v) is 10.1. The van der Waals surface area contributed by atoms with E-state index in [2.05, 4.69) is 138 Å². The van der Waals surface area contributed by atoms with Crippen molar-refractivity contribution in [3.8, 4) is 51.0 Å². The molecular weight excluding hydrogens is 697 g/mol. The lowest BCUT2D eigenvalue weighted by Gasteiger charge is -2.30. The van der Waals surface area contributed by atoms with E-state index in [4.69, 9.17) is 19.4 Å². The van der Waals surface area contributed by atoms with Crippen LogP contribution in [0.25, 0.3) is 94.7 Å². The molecule has 5 nitrogen and oxygen atoms in total. The Balaban J connectivity index is 1.14. The molecule has 0 amide bonds. The summed E-state index contributed by atoms with van der Waals surface area (Å²) in [5, 5.41) is 4.37. The minimum atomic E-state index is -0.441. The van der Waals surface area contributed by atoms with Gasteiger partial charge in [-0.05, 0) is 68.8 Å². The standard InChI is InChI=1S/C52H30N4O/c1-2-15-31(16-3-1)49-53-50(37-22-14-28-45-46(37)36-21-8-13-27-44(36)57-45)55-51(54-49)56-42-26-12-7-20-35(42)48-43(56)30-29-41-47(48)34-19-6-11-25-40(34)52(41)38-23-9-4-17-32(38)33-18-5-10-24-39(33)52/h1-30H. The third-order valence-corrected chi connectivity index (χ3v) is 12.3. The lowest BCUT2D eigenvalue weighted by Crippen LogP contribution is -2.25. The highest BCUT2D eigenvalue weighted by Gasteiger charge is 2.52. The molecule has 0 radical (unpaired) electrons. The topological polar surface area (TPSA) is 56.7 Å². The van der Waals surface area contributed by atoms with Crippen LogP contribution in [0.2, 0.25) is 0 Å². The maximum Gasteiger partial charge on any atom is 0.238 e. The quantitative estimate of drug-likeness (QED) is 0.182. The molecule has 11 aromatic rings. The van der Waals surface area contributed by atoms with E-state index in [0.717, 1.165) is 49.5 Å². The minimum Gasteiger partial charge on any atom is -0.456 e. The fraction of sp³-hybridized carbons (Fsp3) is 0.0192. The molecule has 0 bridgehead atoms. The highest BCUT2D eigenvalue weighted by atomic mass is 16.3. The lowest BCUT2D eigenvalue weighted by atomic mass is 9.70. The molecule has 8 aromatic carbocycles. The number of aromatic nitrogens is 4. The van der Waals surface area contributed by atoms with E-state index in [-0.39, 0.29) is 0 Å². The average molecular weight is 727 g/mol. The summed E-state index contributed by atoms with van der Waals surface area (Å²) >= 11 is 0. The number of benzene rings is 8. The van der Waals surface area contributed by atoms with Gasteiger partial charge in [0.25, 0.3) is 0 Å². The Morgan fingerprint density at radius 2 is 0.982 bits per heavy atom. The van der Waals surface area contributed by atoms with Crippen molar-refractivity contribution in [2.45, 2.75) is 5.41 Å². The van der Waals surface area contributed by atoms with Crippen molar-refractivity contribution in [3.05, 3.63) is 204 Å². The van der Waals surface area contributed by atoms with Gasteiger partial charge in [-0.3, -0.25) is 4.57 Å². The van der Waals surface area contributed by atoms with E-state index >= 15 is 0 Å². The molecule has 0 saturated carbocycles. The molecule has 0 N–H and O–H groups in total. The van der Waals surface area contributed by atoms with E-state index in [1.807, 2.05) is 48.5 Å². The zero-order valence-corrected chi connectivity index (χ0v) is 30.5. The normalized spacial score (nSPS) is 13.4. The van der Waals surface area contributed by atoms with Gasteiger partial charge < -0.3 is 4.42 Å². The minimum absolute atomic E-state index is 0.441. The summed E-state index contributed by atoms with van der Waals surface area (Å²) in [4.78, 5) is 15.8. The summed E-state index contributed by atoms with van der Waals surface area (Å²) in [5.41, 5.74) is 15.5. The maximum atomic E-state index is 6.33. The third-order valence-electron chi connectivity index (χ3n) is 12.3. The first kappa shape index (κ1) is 30.7. The van der Waals surface area contributed by atoms with Gasteiger partial charge in [0.05, 0.1) is 16.4 Å². The highest BCUT2D eigenvalue weighted by Crippen LogP contribution is 2.64. The van der Waals surface area contributed by atoms with E-state index in [9.17, 15) is 0 Å². The van der Waals surface area contributed by atoms with Crippen molar-refractivity contribution >= 4 is 43.7 Å². The summed E-state index contributed by atoms with van der Waals surface area (Å²) in [6, 6.07) is 64.7. The van der Waals surface area contributed by atoms with Crippen LogP contribution in [-0.4, -0.2) is 19.5 Å². The number of hydrogen-bond donors (Lipinski definition) is 0. The van der Waals surface area contributed by atoms with Crippen molar-refractivity contribution in [3.63, 3.8) is 0 Å². The monoisotopic (exact) mass is 726 g/mol. The van der Waals surface area contributed by atoms with E-state index in [1.54, 1.807) is 0 Å². The Morgan fingerprint density at radius 1 is 0.386 bits per heavy atom. The molecule has 264 valence electrons. The lowest BCUT2D eigenvalue weighted by molar-refractivity contribution is 0.669. The molecular formula is C52H30N4O. The van der Waals surface area contributed by atoms with E-state index in [0.29, 0.717) is 17.6 Å². The second kappa shape index (κ2) is 11.2. The number of hydrogen-bond acceptors (Lipinski definition) is 4. The predicted molar refractivity (Wildman–Crippen MR) is 229 cm³/mol. The SMILES string of the molecule is c1ccc(-c2nc(-c3cccc4oc5ccccc5c34)nc(-n3c4ccccc4c4c5c(ccc43)C3(c4ccccc4-c4ccccc43)c3ccccc3-5)n2)cc1. The molecule has 2 aliphatic carbocycles. The Morgan fingerprint density at radius 3 is 1.77 bits per heavy atom. The van der Waals surface area contributed by atoms with Crippen LogP contribution in [0, 0.1) is 0 Å². The Hall–Kier alpha value is -7.63. The Bertz CT molecular complexity index is 3440. The Kier molecular flexibility index (Phi) is 6.04. The predicted octanol–water partition coefficient (Wildman–Crippen LogP) is 12.5. The second-order valence-electron chi connectivity index (χ2n) is 15.0. The van der Waals surface area contributed by atoms with E-state index < -0.39 is 5.41 Å². The summed E-state index contributed by atoms with van der Waals surface area (Å²) in [6.07, 6.45) is 0. The molecule has 0 atom stereocenters. The zero-order chi connectivity index (χ0) is 37.2. The number of rotatable bonds is 3. The van der Waals surface area contributed by atoms with Gasteiger partial charge in [-0.25, -0.2) is 4.98 Å². The van der Waals surface area contributed by atoms with Crippen molar-refractivity contribution in [1.82, 2.24) is 19.5 Å². The molecule has 0 aliphatic heterocycles. The molecule has 0 saturated heterocycles. The molecule has 13 rings (SSSR count). The molecule has 3 aromatic heterocycles. The van der Waals surface area contributed by atoms with Crippen molar-refractivity contribution in [2.75, 3.05) is 0 Å². The van der Waals surface area contributed by atoms with Gasteiger partial charge in [-0.1, -0.05) is 158 Å². The molecule has 5 heteroatoms. The van der Waals surface area contributed by atoms with Gasteiger partial charge in [0.1, 0.15) is 11.2 Å². The zero-order valence-electron chi connectivity index (χ0n) is 30.5. The largest absolute Gasteiger partial charge is 0.456 e. The van der Waals surface area contributed by atoms with Crippen LogP contribution >= 0.6 is 0 Å². The van der Waals surface area contributed by atoms with Crippen molar-refractivity contribution < 1.29 is 4.42 Å². The summed E-state index contributed by atoms with van der Waals surface area (Å²) in [6.45, 7) is 0. The van der Waals surface area contributed by atoms with Crippen LogP contribution in [0.3, 0.4) is 0 Å². The Labute approximate surface area is 327 Å². The van der Waals surface area contributed by atoms with Gasteiger partial charge in [-0.2, -0.15) is 9.97 Å². The molecule has 2 aliphatic rings. The molecule has 0 fully saturated rings. The second-order valence-corrected chi connectivity index (χ2v) is 15.0. The first-order valence-electron chi connectivity index (χ1n) is 19.4. The van der Waals surface area contributed by atoms with E-state index in [1.165, 1.54) is 49.9 Å². The number of fused-ring (bicyclic) bond motifs is 17. The van der Waals surface area contributed by atoms with Crippen LogP contribution in [0.1, 0.15) is 22.3 Å². The molecule has 57 heavy (non-hydrogen) atoms. The molecule has 0 unspecified atom stereocenters. The van der Waals surface area contributed by atoms with Crippen molar-refractivity contribution in [2.24, 2.45) is 0 Å². The fourth-order valence-electron chi connectivity index (χ4n) is 10.1. The van der Waals surface area contributed by atoms with Crippen LogP contribution in [0.15, 0.2) is 186 Å². The summed E-state index contributed by atoms with van der Waals surface area (Å²) in [7, 11) is 0. The highest BCUT2D eigenvalue weighted by molar-refractivity contribution is 6.19. The molecule has 3 heterocycles. The number of para-hydroxylation sites is 2. The van der Waals surface area contributed by atoms with Crippen LogP contribution < -0.4 is 0 Å². The van der Waals surface area contributed by atoms with Gasteiger partial charge in [0.15, 0.2) is 11.6 Å². The smallest absolute Gasteiger partial charge is 0.238 e. The first-order valence-corrected chi connectivity index (χ1v) is 19.4.